The summed E-state index contributed by atoms with van der Waals surface area (Å²) in [6, 6.07) is 3.82. The van der Waals surface area contributed by atoms with Crippen molar-refractivity contribution in [1.29, 1.82) is 0 Å². The number of hydrogen-bond acceptors (Lipinski definition) is 4. The molecule has 0 aliphatic rings. The molecule has 0 fully saturated rings. The number of carbonyl (C=O) groups is 1. The quantitative estimate of drug-likeness (QED) is 0.735. The Morgan fingerprint density at radius 3 is 2.60 bits per heavy atom. The van der Waals surface area contributed by atoms with Crippen LogP contribution in [0.25, 0.3) is 0 Å². The summed E-state index contributed by atoms with van der Waals surface area (Å²) in [5, 5.41) is 0. The van der Waals surface area contributed by atoms with Gasteiger partial charge in [0.15, 0.2) is 0 Å². The molecule has 0 aromatic carbocycles. The SMILES string of the molecule is CCCCN(CC(N)=O)C(c1ccc(Cl)s1)C(N)CC. The fraction of sp³-hybridized carbons (Fsp3) is 0.643. The maximum atomic E-state index is 11.3. The molecule has 4 N–H and O–H groups in total. The molecule has 0 saturated carbocycles. The molecular weight excluding hydrogens is 294 g/mol. The highest BCUT2D eigenvalue weighted by molar-refractivity contribution is 7.16. The molecule has 1 aromatic heterocycles. The van der Waals surface area contributed by atoms with Crippen molar-refractivity contribution >= 4 is 28.8 Å². The van der Waals surface area contributed by atoms with Crippen LogP contribution < -0.4 is 11.5 Å². The average molecular weight is 318 g/mol. The standard InChI is InChI=1S/C14H24ClN3OS/c1-3-5-8-18(9-13(17)19)14(10(16)4-2)11-6-7-12(15)20-11/h6-7,10,14H,3-5,8-9,16H2,1-2H3,(H2,17,19). The number of unbranched alkanes of at least 4 members (excludes halogenated alkanes) is 1. The summed E-state index contributed by atoms with van der Waals surface area (Å²) in [4.78, 5) is 14.5. The van der Waals surface area contributed by atoms with Gasteiger partial charge in [-0.25, -0.2) is 0 Å². The molecule has 0 aliphatic carbocycles. The Morgan fingerprint density at radius 1 is 1.45 bits per heavy atom. The van der Waals surface area contributed by atoms with Gasteiger partial charge in [0.25, 0.3) is 0 Å². The van der Waals surface area contributed by atoms with Gasteiger partial charge in [0.1, 0.15) is 0 Å². The molecule has 4 nitrogen and oxygen atoms in total. The van der Waals surface area contributed by atoms with Gasteiger partial charge in [-0.1, -0.05) is 31.9 Å². The summed E-state index contributed by atoms with van der Waals surface area (Å²) in [5.41, 5.74) is 11.7. The minimum Gasteiger partial charge on any atom is -0.369 e. The second-order valence-corrected chi connectivity index (χ2v) is 6.70. The number of halogens is 1. The lowest BCUT2D eigenvalue weighted by atomic mass is 10.0. The van der Waals surface area contributed by atoms with E-state index in [9.17, 15) is 4.79 Å². The number of nitrogens with zero attached hydrogens (tertiary/aromatic N) is 1. The molecule has 6 heteroatoms. The molecule has 0 spiro atoms. The van der Waals surface area contributed by atoms with Crippen molar-refractivity contribution in [2.45, 2.75) is 45.2 Å². The summed E-state index contributed by atoms with van der Waals surface area (Å²) < 4.78 is 0.739. The van der Waals surface area contributed by atoms with Gasteiger partial charge in [-0.2, -0.15) is 0 Å². The highest BCUT2D eigenvalue weighted by atomic mass is 35.5. The summed E-state index contributed by atoms with van der Waals surface area (Å²) in [6.45, 7) is 5.22. The molecule has 1 aromatic rings. The van der Waals surface area contributed by atoms with Gasteiger partial charge < -0.3 is 11.5 Å². The van der Waals surface area contributed by atoms with Crippen LogP contribution in [0.2, 0.25) is 4.34 Å². The number of primary amides is 1. The fourth-order valence-electron chi connectivity index (χ4n) is 2.25. The van der Waals surface area contributed by atoms with Gasteiger partial charge in [-0.05, 0) is 31.5 Å². The van der Waals surface area contributed by atoms with Gasteiger partial charge in [-0.3, -0.25) is 9.69 Å². The third kappa shape index (κ3) is 5.05. The topological polar surface area (TPSA) is 72.3 Å². The number of nitrogens with two attached hydrogens (primary N) is 2. The van der Waals surface area contributed by atoms with E-state index >= 15 is 0 Å². The van der Waals surface area contributed by atoms with Gasteiger partial charge in [0.2, 0.25) is 5.91 Å². The van der Waals surface area contributed by atoms with Crippen LogP contribution in [0, 0.1) is 0 Å². The number of thiophene rings is 1. The first-order chi connectivity index (χ1) is 9.49. The van der Waals surface area contributed by atoms with Crippen molar-refractivity contribution in [3.05, 3.63) is 21.3 Å². The van der Waals surface area contributed by atoms with E-state index in [1.54, 1.807) is 0 Å². The molecule has 0 bridgehead atoms. The molecule has 0 aliphatic heterocycles. The Hall–Kier alpha value is -0.620. The third-order valence-electron chi connectivity index (χ3n) is 3.31. The zero-order valence-corrected chi connectivity index (χ0v) is 13.7. The summed E-state index contributed by atoms with van der Waals surface area (Å²) in [7, 11) is 0. The first-order valence-electron chi connectivity index (χ1n) is 7.02. The number of hydrogen-bond donors (Lipinski definition) is 2. The van der Waals surface area contributed by atoms with Crippen LogP contribution in [0.5, 0.6) is 0 Å². The van der Waals surface area contributed by atoms with E-state index in [0.717, 1.165) is 35.0 Å². The Labute approximate surface area is 130 Å². The van der Waals surface area contributed by atoms with E-state index < -0.39 is 0 Å². The largest absolute Gasteiger partial charge is 0.369 e. The van der Waals surface area contributed by atoms with Gasteiger partial charge >= 0.3 is 0 Å². The number of amides is 1. The Morgan fingerprint density at radius 2 is 2.15 bits per heavy atom. The highest BCUT2D eigenvalue weighted by Gasteiger charge is 2.27. The van der Waals surface area contributed by atoms with Crippen LogP contribution in [0.3, 0.4) is 0 Å². The molecule has 114 valence electrons. The van der Waals surface area contributed by atoms with Gasteiger partial charge in [0, 0.05) is 10.9 Å². The first kappa shape index (κ1) is 17.4. The van der Waals surface area contributed by atoms with Crippen molar-refractivity contribution in [1.82, 2.24) is 4.90 Å². The number of rotatable bonds is 9. The Balaban J connectivity index is 2.99. The summed E-state index contributed by atoms with van der Waals surface area (Å²) in [5.74, 6) is -0.322. The molecule has 0 radical (unpaired) electrons. The normalized spacial score (nSPS) is 14.4. The van der Waals surface area contributed by atoms with Crippen LogP contribution >= 0.6 is 22.9 Å². The fourth-order valence-corrected chi connectivity index (χ4v) is 3.52. The molecule has 1 amide bonds. The predicted octanol–water partition coefficient (Wildman–Crippen LogP) is 2.77. The van der Waals surface area contributed by atoms with E-state index in [1.165, 1.54) is 11.3 Å². The minimum atomic E-state index is -0.322. The second-order valence-electron chi connectivity index (χ2n) is 4.95. The molecule has 2 unspecified atom stereocenters. The van der Waals surface area contributed by atoms with E-state index in [1.807, 2.05) is 12.1 Å². The maximum Gasteiger partial charge on any atom is 0.231 e. The van der Waals surface area contributed by atoms with E-state index in [4.69, 9.17) is 23.1 Å². The zero-order valence-electron chi connectivity index (χ0n) is 12.1. The lowest BCUT2D eigenvalue weighted by molar-refractivity contribution is -0.119. The molecule has 20 heavy (non-hydrogen) atoms. The van der Waals surface area contributed by atoms with Crippen molar-refractivity contribution in [2.75, 3.05) is 13.1 Å². The molecule has 0 saturated heterocycles. The average Bonchev–Trinajstić information content (AvgIpc) is 2.81. The maximum absolute atomic E-state index is 11.3. The molecule has 1 rings (SSSR count). The van der Waals surface area contributed by atoms with Crippen LogP contribution in [0.4, 0.5) is 0 Å². The molecular formula is C14H24ClN3OS. The smallest absolute Gasteiger partial charge is 0.231 e. The Kier molecular flexibility index (Phi) is 7.51. The van der Waals surface area contributed by atoms with Crippen molar-refractivity contribution < 1.29 is 4.79 Å². The minimum absolute atomic E-state index is 0.00319. The summed E-state index contributed by atoms with van der Waals surface area (Å²) in [6.07, 6.45) is 2.91. The zero-order chi connectivity index (χ0) is 15.1. The molecule has 1 heterocycles. The monoisotopic (exact) mass is 317 g/mol. The van der Waals surface area contributed by atoms with Crippen LogP contribution in [-0.2, 0) is 4.79 Å². The van der Waals surface area contributed by atoms with E-state index in [2.05, 4.69) is 18.7 Å². The summed E-state index contributed by atoms with van der Waals surface area (Å²) >= 11 is 7.55. The first-order valence-corrected chi connectivity index (χ1v) is 8.22. The van der Waals surface area contributed by atoms with Gasteiger partial charge in [-0.15, -0.1) is 11.3 Å². The second kappa shape index (κ2) is 8.62. The lowest BCUT2D eigenvalue weighted by Crippen LogP contribution is -2.44. The van der Waals surface area contributed by atoms with Crippen molar-refractivity contribution in [3.63, 3.8) is 0 Å². The number of carbonyl (C=O) groups excluding carboxylic acids is 1. The highest BCUT2D eigenvalue weighted by Crippen LogP contribution is 2.33. The third-order valence-corrected chi connectivity index (χ3v) is 4.62. The van der Waals surface area contributed by atoms with E-state index in [-0.39, 0.29) is 24.5 Å². The van der Waals surface area contributed by atoms with Crippen LogP contribution in [-0.4, -0.2) is 29.9 Å². The van der Waals surface area contributed by atoms with Gasteiger partial charge in [0.05, 0.1) is 16.9 Å². The predicted molar refractivity (Wildman–Crippen MR) is 86.0 cm³/mol. The lowest BCUT2D eigenvalue weighted by Gasteiger charge is -2.34. The van der Waals surface area contributed by atoms with Crippen LogP contribution in [0.15, 0.2) is 12.1 Å². The Bertz CT molecular complexity index is 424. The van der Waals surface area contributed by atoms with Crippen molar-refractivity contribution in [2.24, 2.45) is 11.5 Å². The van der Waals surface area contributed by atoms with E-state index in [0.29, 0.717) is 0 Å². The van der Waals surface area contributed by atoms with Crippen LogP contribution in [0.1, 0.15) is 44.0 Å². The van der Waals surface area contributed by atoms with Crippen molar-refractivity contribution in [3.8, 4) is 0 Å². The molecule has 2 atom stereocenters.